The summed E-state index contributed by atoms with van der Waals surface area (Å²) in [6.45, 7) is 28.8. The molecule has 5 saturated heterocycles. The zero-order chi connectivity index (χ0) is 75.6. The molecule has 9 aromatic rings. The van der Waals surface area contributed by atoms with Crippen LogP contribution in [0.4, 0.5) is 26.7 Å². The highest BCUT2D eigenvalue weighted by Gasteiger charge is 2.34. The first-order valence-corrected chi connectivity index (χ1v) is 39.2. The largest absolute Gasteiger partial charge is 0.495 e. The molecule has 3 atom stereocenters. The molecule has 576 valence electrons. The van der Waals surface area contributed by atoms with E-state index in [1.165, 1.54) is 23.6 Å². The van der Waals surface area contributed by atoms with Crippen molar-refractivity contribution in [1.82, 2.24) is 54.5 Å². The van der Waals surface area contributed by atoms with Gasteiger partial charge in [0, 0.05) is 171 Å². The lowest BCUT2D eigenvalue weighted by Crippen LogP contribution is -2.46. The average Bonchev–Trinajstić information content (AvgIpc) is 1.28. The van der Waals surface area contributed by atoms with Crippen LogP contribution >= 0.6 is 0 Å². The summed E-state index contributed by atoms with van der Waals surface area (Å²) in [5.74, 6) is 3.68. The van der Waals surface area contributed by atoms with Crippen molar-refractivity contribution >= 4 is 67.7 Å². The number of likely N-dealkylation sites (tertiary alicyclic amines) is 2. The van der Waals surface area contributed by atoms with Gasteiger partial charge in [0.1, 0.15) is 39.8 Å². The normalized spacial score (nSPS) is 18.4. The fourth-order valence-corrected chi connectivity index (χ4v) is 16.0. The number of amides is 3. The molecule has 0 radical (unpaired) electrons. The Morgan fingerprint density at radius 1 is 0.509 bits per heavy atom. The van der Waals surface area contributed by atoms with Crippen molar-refractivity contribution in [2.45, 2.75) is 117 Å². The second-order valence-corrected chi connectivity index (χ2v) is 31.3. The molecular weight excluding hydrogens is 1360 g/mol. The Labute approximate surface area is 638 Å². The number of aromatic nitrogens is 5. The van der Waals surface area contributed by atoms with E-state index in [-0.39, 0.29) is 24.1 Å². The van der Waals surface area contributed by atoms with E-state index in [0.717, 1.165) is 230 Å². The maximum atomic E-state index is 13.3. The molecule has 0 spiro atoms. The van der Waals surface area contributed by atoms with Crippen LogP contribution < -0.4 is 34.2 Å². The van der Waals surface area contributed by atoms with E-state index < -0.39 is 11.2 Å². The number of hydrogen-bond acceptors (Lipinski definition) is 17. The molecule has 0 aliphatic carbocycles. The molecular formula is C86H114N14O8. The van der Waals surface area contributed by atoms with Crippen LogP contribution in [0.1, 0.15) is 110 Å². The minimum Gasteiger partial charge on any atom is -0.495 e. The van der Waals surface area contributed by atoms with E-state index in [1.54, 1.807) is 21.3 Å². The van der Waals surface area contributed by atoms with Gasteiger partial charge >= 0.3 is 12.2 Å². The number of fused-ring (bicyclic) bond motifs is 3. The van der Waals surface area contributed by atoms with Gasteiger partial charge < -0.3 is 68.3 Å². The first kappa shape index (κ1) is 78.0. The summed E-state index contributed by atoms with van der Waals surface area (Å²) in [7, 11) is 5.21. The number of para-hydroxylation sites is 1. The molecule has 9 heterocycles. The maximum Gasteiger partial charge on any atom is 0.410 e. The first-order chi connectivity index (χ1) is 52.4. The van der Waals surface area contributed by atoms with Crippen molar-refractivity contribution in [2.24, 2.45) is 11.8 Å². The number of hydrogen-bond donors (Lipinski definition) is 2. The number of benzene rings is 5. The molecule has 3 amide bonds. The predicted octanol–water partition coefficient (Wildman–Crippen LogP) is 14.2. The molecule has 0 saturated carbocycles. The van der Waals surface area contributed by atoms with Crippen molar-refractivity contribution in [3.63, 3.8) is 0 Å². The highest BCUT2D eigenvalue weighted by atomic mass is 16.6. The summed E-state index contributed by atoms with van der Waals surface area (Å²) in [6, 6.07) is 45.2. The van der Waals surface area contributed by atoms with Crippen molar-refractivity contribution in [3.8, 4) is 22.9 Å². The third-order valence-corrected chi connectivity index (χ3v) is 21.1. The van der Waals surface area contributed by atoms with E-state index in [1.807, 2.05) is 135 Å². The summed E-state index contributed by atoms with van der Waals surface area (Å²) < 4.78 is 30.4. The Bertz CT molecular complexity index is 4210. The highest BCUT2D eigenvalue weighted by Crippen LogP contribution is 2.40. The first-order valence-electron chi connectivity index (χ1n) is 39.2. The molecule has 2 N–H and O–H groups in total. The molecule has 5 aliphatic heterocycles. The van der Waals surface area contributed by atoms with Crippen molar-refractivity contribution in [1.29, 1.82) is 0 Å². The Balaban J connectivity index is 0.000000153. The average molecular weight is 1470 g/mol. The van der Waals surface area contributed by atoms with Gasteiger partial charge in [-0.3, -0.25) is 19.7 Å². The van der Waals surface area contributed by atoms with Gasteiger partial charge in [0.15, 0.2) is 0 Å². The van der Waals surface area contributed by atoms with E-state index in [9.17, 15) is 14.4 Å². The molecule has 14 rings (SSSR count). The summed E-state index contributed by atoms with van der Waals surface area (Å²) in [5.41, 5.74) is 7.49. The lowest BCUT2D eigenvalue weighted by Gasteiger charge is -2.36. The Morgan fingerprint density at radius 2 is 1.02 bits per heavy atom. The molecule has 1 unspecified atom stereocenters. The number of aromatic amines is 1. The number of nitrogens with one attached hydrogen (secondary N) is 2. The standard InChI is InChI=1S/C34H38N6O2.2C26H38N4O3/c1-42-32-15-14-26-9-5-6-13-29(26)34(32)39-21-8-20-38(23-24-39)31(25-33(41)36-19-16-27-10-7-18-35-27)30-17-22-40(37-30)28-11-3-2-4-12-28;2*1-26(2,3)33-25(31)30-14-6-8-20(19-30)18-28-13-7-15-29(17-16-28)24-22(32-4)11-10-21-9-5-12-27-23(21)24/h2-7,9-15,17-18,22,31,35H,8,16,19-21,23-25H2,1H3,(H,36,41);2*5,9-12,20H,6-8,13-19H2,1-4H3/t;2*20-/m.10/s1. The third-order valence-electron chi connectivity index (χ3n) is 21.1. The van der Waals surface area contributed by atoms with Gasteiger partial charge in [-0.25, -0.2) is 14.3 Å². The van der Waals surface area contributed by atoms with Crippen molar-refractivity contribution in [3.05, 3.63) is 170 Å². The molecule has 5 aliphatic rings. The van der Waals surface area contributed by atoms with Crippen LogP contribution in [-0.2, 0) is 20.7 Å². The number of piperidine rings is 2. The smallest absolute Gasteiger partial charge is 0.410 e. The van der Waals surface area contributed by atoms with Gasteiger partial charge in [0.05, 0.1) is 55.5 Å². The van der Waals surface area contributed by atoms with Gasteiger partial charge in [0.2, 0.25) is 5.91 Å². The molecule has 0 bridgehead atoms. The third kappa shape index (κ3) is 20.8. The number of carbonyl (C=O) groups is 3. The van der Waals surface area contributed by atoms with Crippen LogP contribution in [0.25, 0.3) is 38.3 Å². The van der Waals surface area contributed by atoms with Gasteiger partial charge in [-0.2, -0.15) is 5.10 Å². The van der Waals surface area contributed by atoms with Gasteiger partial charge in [-0.15, -0.1) is 0 Å². The Hall–Kier alpha value is -9.64. The van der Waals surface area contributed by atoms with Gasteiger partial charge in [-0.1, -0.05) is 60.7 Å². The number of rotatable bonds is 18. The van der Waals surface area contributed by atoms with Crippen molar-refractivity contribution < 1.29 is 38.1 Å². The fourth-order valence-electron chi connectivity index (χ4n) is 16.0. The number of carbonyl (C=O) groups excluding carboxylic acids is 3. The molecule has 22 heteroatoms. The second-order valence-electron chi connectivity index (χ2n) is 31.3. The van der Waals surface area contributed by atoms with Crippen LogP contribution in [0.3, 0.4) is 0 Å². The topological polar surface area (TPSA) is 195 Å². The zero-order valence-corrected chi connectivity index (χ0v) is 65.2. The minimum atomic E-state index is -0.449. The zero-order valence-electron chi connectivity index (χ0n) is 65.2. The number of ether oxygens (including phenoxy) is 5. The van der Waals surface area contributed by atoms with Gasteiger partial charge in [0.25, 0.3) is 0 Å². The minimum absolute atomic E-state index is 0.0395. The number of anilines is 3. The van der Waals surface area contributed by atoms with Crippen LogP contribution in [0.5, 0.6) is 17.2 Å². The van der Waals surface area contributed by atoms with Crippen LogP contribution in [0.2, 0.25) is 0 Å². The number of methoxy groups -OCH3 is 3. The number of H-pyrrole nitrogens is 1. The lowest BCUT2D eigenvalue weighted by molar-refractivity contribution is -0.122. The monoisotopic (exact) mass is 1470 g/mol. The van der Waals surface area contributed by atoms with Crippen LogP contribution in [-0.4, -0.2) is 224 Å². The van der Waals surface area contributed by atoms with E-state index >= 15 is 0 Å². The SMILES string of the molecule is COc1ccc2ccccc2c1N1CCCN(C(CC(=O)NCCc2ccc[nH]2)c2ccn(-c3ccccc3)n2)CC1.COc1ccc2cccnc2c1N1CCCN(C[C@@H]2CCCN(C(=O)OC(C)(C)C)C2)CC1.COc1ccc2cccnc2c1N1CCCN(C[C@H]2CCCN(C(=O)OC(C)(C)C)C2)CC1. The molecule has 22 nitrogen and oxygen atoms in total. The van der Waals surface area contributed by atoms with E-state index in [0.29, 0.717) is 24.8 Å². The summed E-state index contributed by atoms with van der Waals surface area (Å²) in [4.78, 5) is 69.6. The second kappa shape index (κ2) is 37.0. The summed E-state index contributed by atoms with van der Waals surface area (Å²) in [5, 5.41) is 12.8. The van der Waals surface area contributed by atoms with Crippen LogP contribution in [0.15, 0.2) is 158 Å². The highest BCUT2D eigenvalue weighted by molar-refractivity contribution is 5.98. The van der Waals surface area contributed by atoms with Gasteiger partial charge in [-0.05, 0) is 190 Å². The molecule has 108 heavy (non-hydrogen) atoms. The Morgan fingerprint density at radius 3 is 1.56 bits per heavy atom. The quantitative estimate of drug-likeness (QED) is 0.0822. The predicted molar refractivity (Wildman–Crippen MR) is 432 cm³/mol. The fraction of sp³-hybridized carbons (Fsp3) is 0.488. The molecule has 4 aromatic heterocycles. The summed E-state index contributed by atoms with van der Waals surface area (Å²) in [6.07, 6.45) is 16.0. The number of pyridine rings is 2. The number of nitrogens with zero attached hydrogens (tertiary/aromatic N) is 12. The van der Waals surface area contributed by atoms with E-state index in [4.69, 9.17) is 28.8 Å². The summed E-state index contributed by atoms with van der Waals surface area (Å²) >= 11 is 0. The van der Waals surface area contributed by atoms with E-state index in [2.05, 4.69) is 129 Å². The van der Waals surface area contributed by atoms with Crippen LogP contribution in [0, 0.1) is 11.8 Å². The lowest BCUT2D eigenvalue weighted by atomic mass is 9.97. The molecule has 5 aromatic carbocycles. The van der Waals surface area contributed by atoms with Crippen molar-refractivity contribution in [2.75, 3.05) is 160 Å². The Kier molecular flexibility index (Phi) is 26.7. The maximum absolute atomic E-state index is 13.3. The molecule has 5 fully saturated rings.